The van der Waals surface area contributed by atoms with Crippen LogP contribution in [0.2, 0.25) is 0 Å². The molecule has 0 atom stereocenters. The largest absolute Gasteiger partial charge is 0.416 e. The molecule has 0 amide bonds. The molecule has 0 saturated carbocycles. The number of fused-ring (bicyclic) bond motifs is 1. The summed E-state index contributed by atoms with van der Waals surface area (Å²) in [7, 11) is 0. The Labute approximate surface area is 122 Å². The third kappa shape index (κ3) is 2.78. The monoisotopic (exact) mass is 273 g/mol. The van der Waals surface area contributed by atoms with Crippen LogP contribution in [0.4, 0.5) is 0 Å². The Hall–Kier alpha value is -3.04. The van der Waals surface area contributed by atoms with Crippen molar-refractivity contribution in [3.63, 3.8) is 0 Å². The van der Waals surface area contributed by atoms with Crippen LogP contribution in [0.25, 0.3) is 22.1 Å². The zero-order chi connectivity index (χ0) is 14.7. The third-order valence-corrected chi connectivity index (χ3v) is 3.29. The second-order valence-electron chi connectivity index (χ2n) is 4.71. The minimum atomic E-state index is -0.517. The van der Waals surface area contributed by atoms with E-state index in [0.29, 0.717) is 12.0 Å². The quantitative estimate of drug-likeness (QED) is 0.733. The predicted octanol–water partition coefficient (Wildman–Crippen LogP) is 3.52. The maximum atomic E-state index is 11.1. The Morgan fingerprint density at radius 3 is 2.57 bits per heavy atom. The van der Waals surface area contributed by atoms with Gasteiger partial charge in [-0.2, -0.15) is 5.26 Å². The van der Waals surface area contributed by atoms with Crippen LogP contribution in [0.3, 0.4) is 0 Å². The Balaban J connectivity index is 1.94. The fourth-order valence-corrected chi connectivity index (χ4v) is 2.20. The summed E-state index contributed by atoms with van der Waals surface area (Å²) in [6, 6.07) is 21.0. The van der Waals surface area contributed by atoms with Gasteiger partial charge in [-0.25, -0.2) is 4.79 Å². The lowest BCUT2D eigenvalue weighted by Crippen LogP contribution is -1.92. The van der Waals surface area contributed by atoms with Gasteiger partial charge < -0.3 is 4.42 Å². The van der Waals surface area contributed by atoms with Gasteiger partial charge in [0, 0.05) is 12.5 Å². The first-order valence-electron chi connectivity index (χ1n) is 6.60. The molecule has 100 valence electrons. The van der Waals surface area contributed by atoms with E-state index in [-0.39, 0.29) is 0 Å². The van der Waals surface area contributed by atoms with Crippen LogP contribution in [0.5, 0.6) is 0 Å². The molecule has 0 unspecified atom stereocenters. The van der Waals surface area contributed by atoms with E-state index in [0.717, 1.165) is 28.5 Å². The number of hydrogen-bond donors (Lipinski definition) is 0. The van der Waals surface area contributed by atoms with Crippen molar-refractivity contribution in [3.8, 4) is 17.2 Å². The van der Waals surface area contributed by atoms with Gasteiger partial charge in [0.1, 0.15) is 5.58 Å². The minimum absolute atomic E-state index is 0.508. The number of aryl methyl sites for hydroxylation is 1. The first-order chi connectivity index (χ1) is 10.3. The molecule has 0 bridgehead atoms. The highest BCUT2D eigenvalue weighted by Gasteiger charge is 2.02. The predicted molar refractivity (Wildman–Crippen MR) is 79.5 cm³/mol. The van der Waals surface area contributed by atoms with E-state index < -0.39 is 5.63 Å². The zero-order valence-corrected chi connectivity index (χ0v) is 11.2. The van der Waals surface area contributed by atoms with Crippen LogP contribution in [0, 0.1) is 23.5 Å². The highest BCUT2D eigenvalue weighted by atomic mass is 16.4. The summed E-state index contributed by atoms with van der Waals surface area (Å²) in [4.78, 5) is 11.1. The van der Waals surface area contributed by atoms with Gasteiger partial charge in [0.2, 0.25) is 0 Å². The Morgan fingerprint density at radius 2 is 1.81 bits per heavy atom. The lowest BCUT2D eigenvalue weighted by molar-refractivity contribution is 0.562. The van der Waals surface area contributed by atoms with Gasteiger partial charge in [0.25, 0.3) is 0 Å². The van der Waals surface area contributed by atoms with Crippen molar-refractivity contribution in [2.24, 2.45) is 0 Å². The molecule has 2 aromatic carbocycles. The van der Waals surface area contributed by atoms with Crippen molar-refractivity contribution >= 4 is 11.0 Å². The fraction of sp³-hybridized carbons (Fsp3) is 0.111. The molecule has 3 aromatic rings. The summed E-state index contributed by atoms with van der Waals surface area (Å²) < 4.78 is 5.04. The smallest absolute Gasteiger partial charge is 0.390 e. The molecule has 0 spiro atoms. The maximum Gasteiger partial charge on any atom is 0.390 e. The normalized spacial score (nSPS) is 10.0. The van der Waals surface area contributed by atoms with E-state index in [1.165, 1.54) is 0 Å². The van der Waals surface area contributed by atoms with E-state index in [1.54, 1.807) is 6.07 Å². The third-order valence-electron chi connectivity index (χ3n) is 3.29. The molecule has 1 aromatic heterocycles. The van der Waals surface area contributed by atoms with Crippen LogP contribution in [-0.2, 0) is 6.42 Å². The molecule has 0 saturated heterocycles. The van der Waals surface area contributed by atoms with Crippen LogP contribution in [-0.4, -0.2) is 0 Å². The molecule has 3 heteroatoms. The summed E-state index contributed by atoms with van der Waals surface area (Å²) >= 11 is 0. The molecule has 0 aliphatic rings. The van der Waals surface area contributed by atoms with Gasteiger partial charge in [0.05, 0.1) is 11.5 Å². The number of rotatable bonds is 3. The summed E-state index contributed by atoms with van der Waals surface area (Å²) in [6.45, 7) is 0. The Kier molecular flexibility index (Phi) is 3.41. The first kappa shape index (κ1) is 13.0. The molecule has 0 N–H and O–H groups in total. The topological polar surface area (TPSA) is 54.0 Å². The molecular weight excluding hydrogens is 262 g/mol. The molecule has 0 aliphatic heterocycles. The number of benzene rings is 2. The lowest BCUT2D eigenvalue weighted by Gasteiger charge is -2.04. The number of nitrogens with zero attached hydrogens (tertiary/aromatic N) is 1. The fourth-order valence-electron chi connectivity index (χ4n) is 2.20. The van der Waals surface area contributed by atoms with E-state index in [9.17, 15) is 4.79 Å². The van der Waals surface area contributed by atoms with E-state index in [4.69, 9.17) is 9.68 Å². The summed E-state index contributed by atoms with van der Waals surface area (Å²) in [5.74, 6) is 0. The van der Waals surface area contributed by atoms with Crippen molar-refractivity contribution in [3.05, 3.63) is 70.6 Å². The van der Waals surface area contributed by atoms with Gasteiger partial charge in [-0.3, -0.25) is 0 Å². The van der Waals surface area contributed by atoms with Gasteiger partial charge in [-0.15, -0.1) is 0 Å². The Morgan fingerprint density at radius 1 is 1.05 bits per heavy atom. The van der Waals surface area contributed by atoms with Crippen molar-refractivity contribution in [1.82, 2.24) is 0 Å². The van der Waals surface area contributed by atoms with Gasteiger partial charge in [-0.1, -0.05) is 36.4 Å². The first-order valence-corrected chi connectivity index (χ1v) is 6.60. The second-order valence-corrected chi connectivity index (χ2v) is 4.71. The summed E-state index contributed by atoms with van der Waals surface area (Å²) in [5, 5.41) is 9.32. The van der Waals surface area contributed by atoms with Crippen LogP contribution in [0.15, 0.2) is 51.7 Å². The van der Waals surface area contributed by atoms with E-state index in [1.807, 2.05) is 36.4 Å². The van der Waals surface area contributed by atoms with Gasteiger partial charge >= 0.3 is 5.63 Å². The second kappa shape index (κ2) is 5.53. The van der Waals surface area contributed by atoms with Crippen LogP contribution < -0.4 is 5.63 Å². The van der Waals surface area contributed by atoms with Crippen molar-refractivity contribution in [1.29, 1.82) is 5.26 Å². The molecule has 21 heavy (non-hydrogen) atoms. The summed E-state index contributed by atoms with van der Waals surface area (Å²) in [5.41, 5.74) is 3.22. The molecule has 3 nitrogen and oxygen atoms in total. The zero-order valence-electron chi connectivity index (χ0n) is 11.2. The summed E-state index contributed by atoms with van der Waals surface area (Å²) in [6.07, 6.45) is 1.29. The Bertz CT molecular complexity index is 870. The number of nitriles is 1. The molecule has 0 aliphatic carbocycles. The van der Waals surface area contributed by atoms with Gasteiger partial charge in [-0.05, 0) is 35.2 Å². The maximum absolute atomic E-state index is 11.1. The standard InChI is InChI=1S/C18H11NO2/c19-11-1-2-13-3-5-14(6-4-13)15-7-9-17-16(12-15)8-10-18(20)21-17/h3-7,9,12H,1-2H2. The minimum Gasteiger partial charge on any atom is -0.416 e. The van der Waals surface area contributed by atoms with Crippen LogP contribution >= 0.6 is 0 Å². The molecular formula is C18H11NO2. The average molecular weight is 273 g/mol. The number of hydrogen-bond acceptors (Lipinski definition) is 3. The molecule has 0 radical (unpaired) electrons. The molecule has 3 rings (SSSR count). The highest BCUT2D eigenvalue weighted by molar-refractivity contribution is 5.81. The average Bonchev–Trinajstić information content (AvgIpc) is 2.53. The van der Waals surface area contributed by atoms with Crippen molar-refractivity contribution in [2.75, 3.05) is 0 Å². The molecule has 1 heterocycles. The van der Waals surface area contributed by atoms with Crippen LogP contribution in [0.1, 0.15) is 12.0 Å². The van der Waals surface area contributed by atoms with E-state index in [2.05, 4.69) is 18.2 Å². The van der Waals surface area contributed by atoms with Crippen molar-refractivity contribution in [2.45, 2.75) is 12.8 Å². The lowest BCUT2D eigenvalue weighted by atomic mass is 10.0. The SMILES string of the molecule is N#CCCc1ccc(-c2ccc3oc(=O)c#cc3c2)cc1. The van der Waals surface area contributed by atoms with Crippen molar-refractivity contribution < 1.29 is 4.42 Å². The van der Waals surface area contributed by atoms with E-state index >= 15 is 0 Å². The van der Waals surface area contributed by atoms with Gasteiger partial charge in [0.15, 0.2) is 0 Å². The molecule has 0 fully saturated rings. The highest BCUT2D eigenvalue weighted by Crippen LogP contribution is 2.23.